The van der Waals surface area contributed by atoms with E-state index < -0.39 is 5.60 Å². The van der Waals surface area contributed by atoms with E-state index in [4.69, 9.17) is 0 Å². The van der Waals surface area contributed by atoms with Crippen molar-refractivity contribution in [3.63, 3.8) is 0 Å². The van der Waals surface area contributed by atoms with Gasteiger partial charge in [-0.3, -0.25) is 0 Å². The van der Waals surface area contributed by atoms with E-state index in [2.05, 4.69) is 52.0 Å². The quantitative estimate of drug-likeness (QED) is 0.779. The molecule has 1 aromatic carbocycles. The Morgan fingerprint density at radius 1 is 1.17 bits per heavy atom. The average molecular weight is 246 g/mol. The minimum atomic E-state index is -0.589. The van der Waals surface area contributed by atoms with Crippen LogP contribution in [0.15, 0.2) is 24.3 Å². The molecule has 1 aromatic rings. The highest BCUT2D eigenvalue weighted by atomic mass is 16.3. The fourth-order valence-corrected chi connectivity index (χ4v) is 3.07. The Morgan fingerprint density at radius 3 is 2.28 bits per heavy atom. The highest BCUT2D eigenvalue weighted by molar-refractivity contribution is 5.31. The van der Waals surface area contributed by atoms with Crippen LogP contribution in [-0.4, -0.2) is 5.11 Å². The fraction of sp³-hybridized carbons (Fsp3) is 0.647. The molecule has 2 unspecified atom stereocenters. The number of aliphatic hydroxyl groups is 1. The second-order valence-corrected chi connectivity index (χ2v) is 7.06. The summed E-state index contributed by atoms with van der Waals surface area (Å²) < 4.78 is 0. The third-order valence-corrected chi connectivity index (χ3v) is 4.26. The molecular formula is C17H26O. The lowest BCUT2D eigenvalue weighted by Gasteiger charge is -2.36. The fourth-order valence-electron chi connectivity index (χ4n) is 3.07. The van der Waals surface area contributed by atoms with Gasteiger partial charge in [-0.1, -0.05) is 58.4 Å². The molecule has 1 aliphatic carbocycles. The zero-order chi connectivity index (χ0) is 13.4. The van der Waals surface area contributed by atoms with E-state index in [9.17, 15) is 5.11 Å². The molecule has 0 spiro atoms. The second kappa shape index (κ2) is 4.70. The number of hydrogen-bond acceptors (Lipinski definition) is 1. The van der Waals surface area contributed by atoms with Gasteiger partial charge in [0.05, 0.1) is 5.60 Å². The molecule has 100 valence electrons. The molecule has 0 radical (unpaired) electrons. The highest BCUT2D eigenvalue weighted by Gasteiger charge is 2.34. The Morgan fingerprint density at radius 2 is 1.78 bits per heavy atom. The first-order valence-electron chi connectivity index (χ1n) is 7.15. The van der Waals surface area contributed by atoms with Crippen LogP contribution in [0.25, 0.3) is 0 Å². The van der Waals surface area contributed by atoms with Crippen LogP contribution in [0.5, 0.6) is 0 Å². The van der Waals surface area contributed by atoms with Gasteiger partial charge in [0, 0.05) is 0 Å². The largest absolute Gasteiger partial charge is 0.385 e. The van der Waals surface area contributed by atoms with Gasteiger partial charge in [0.25, 0.3) is 0 Å². The van der Waals surface area contributed by atoms with Crippen molar-refractivity contribution >= 4 is 0 Å². The molecular weight excluding hydrogens is 220 g/mol. The Labute approximate surface area is 111 Å². The minimum absolute atomic E-state index is 0.182. The van der Waals surface area contributed by atoms with Crippen LogP contribution in [0, 0.1) is 5.92 Å². The lowest BCUT2D eigenvalue weighted by atomic mass is 9.74. The summed E-state index contributed by atoms with van der Waals surface area (Å²) in [6.07, 6.45) is 4.20. The van der Waals surface area contributed by atoms with E-state index in [-0.39, 0.29) is 5.41 Å². The summed E-state index contributed by atoms with van der Waals surface area (Å²) in [6.45, 7) is 8.91. The predicted octanol–water partition coefficient (Wildman–Crippen LogP) is 4.38. The Bertz CT molecular complexity index is 399. The summed E-state index contributed by atoms with van der Waals surface area (Å²) in [6, 6.07) is 8.59. The minimum Gasteiger partial charge on any atom is -0.385 e. The monoisotopic (exact) mass is 246 g/mol. The molecule has 1 N–H and O–H groups in total. The van der Waals surface area contributed by atoms with Gasteiger partial charge in [-0.05, 0) is 41.7 Å². The van der Waals surface area contributed by atoms with Crippen molar-refractivity contribution in [3.05, 3.63) is 35.4 Å². The van der Waals surface area contributed by atoms with E-state index in [1.54, 1.807) is 0 Å². The number of benzene rings is 1. The van der Waals surface area contributed by atoms with Crippen molar-refractivity contribution in [2.75, 3.05) is 0 Å². The molecule has 1 saturated carbocycles. The molecule has 2 atom stereocenters. The molecule has 18 heavy (non-hydrogen) atoms. The predicted molar refractivity (Wildman–Crippen MR) is 76.7 cm³/mol. The van der Waals surface area contributed by atoms with Gasteiger partial charge in [0.2, 0.25) is 0 Å². The van der Waals surface area contributed by atoms with E-state index in [0.29, 0.717) is 5.92 Å². The van der Waals surface area contributed by atoms with E-state index in [0.717, 1.165) is 24.8 Å². The summed E-state index contributed by atoms with van der Waals surface area (Å²) in [5, 5.41) is 10.8. The lowest BCUT2D eigenvalue weighted by Crippen LogP contribution is -2.31. The van der Waals surface area contributed by atoms with Gasteiger partial charge in [-0.2, -0.15) is 0 Å². The van der Waals surface area contributed by atoms with Crippen LogP contribution in [0.2, 0.25) is 0 Å². The van der Waals surface area contributed by atoms with Crippen molar-refractivity contribution in [2.45, 2.75) is 64.4 Å². The van der Waals surface area contributed by atoms with Crippen LogP contribution in [-0.2, 0) is 11.0 Å². The number of rotatable bonds is 1. The molecule has 0 aromatic heterocycles. The Kier molecular flexibility index (Phi) is 3.55. The Hall–Kier alpha value is -0.820. The molecule has 0 heterocycles. The molecule has 1 heteroatoms. The highest BCUT2D eigenvalue weighted by Crippen LogP contribution is 2.40. The zero-order valence-electron chi connectivity index (χ0n) is 12.2. The van der Waals surface area contributed by atoms with Crippen molar-refractivity contribution in [1.82, 2.24) is 0 Å². The molecule has 0 bridgehead atoms. The molecule has 1 fully saturated rings. The van der Waals surface area contributed by atoms with Crippen LogP contribution in [0.1, 0.15) is 64.5 Å². The second-order valence-electron chi connectivity index (χ2n) is 7.06. The smallest absolute Gasteiger partial charge is 0.0899 e. The first kappa shape index (κ1) is 13.6. The lowest BCUT2D eigenvalue weighted by molar-refractivity contribution is -0.0179. The SMILES string of the molecule is CC1CCCC(O)(c2ccc(C(C)(C)C)cc2)C1. The third kappa shape index (κ3) is 2.77. The topological polar surface area (TPSA) is 20.2 Å². The molecule has 1 nitrogen and oxygen atoms in total. The van der Waals surface area contributed by atoms with Crippen molar-refractivity contribution in [2.24, 2.45) is 5.92 Å². The third-order valence-electron chi connectivity index (χ3n) is 4.26. The molecule has 0 amide bonds. The van der Waals surface area contributed by atoms with Gasteiger partial charge in [0.15, 0.2) is 0 Å². The summed E-state index contributed by atoms with van der Waals surface area (Å²) in [5.74, 6) is 0.631. The molecule has 1 aliphatic rings. The van der Waals surface area contributed by atoms with Crippen molar-refractivity contribution in [3.8, 4) is 0 Å². The maximum absolute atomic E-state index is 10.8. The normalized spacial score (nSPS) is 29.3. The summed E-state index contributed by atoms with van der Waals surface area (Å²) in [4.78, 5) is 0. The van der Waals surface area contributed by atoms with Crippen LogP contribution < -0.4 is 0 Å². The first-order chi connectivity index (χ1) is 8.31. The summed E-state index contributed by atoms with van der Waals surface area (Å²) in [7, 11) is 0. The average Bonchev–Trinajstić information content (AvgIpc) is 2.28. The summed E-state index contributed by atoms with van der Waals surface area (Å²) in [5.41, 5.74) is 2.02. The maximum Gasteiger partial charge on any atom is 0.0899 e. The van der Waals surface area contributed by atoms with Crippen LogP contribution in [0.4, 0.5) is 0 Å². The summed E-state index contributed by atoms with van der Waals surface area (Å²) >= 11 is 0. The van der Waals surface area contributed by atoms with Gasteiger partial charge < -0.3 is 5.11 Å². The van der Waals surface area contributed by atoms with Gasteiger partial charge in [-0.15, -0.1) is 0 Å². The molecule has 2 rings (SSSR count). The number of hydrogen-bond donors (Lipinski definition) is 1. The maximum atomic E-state index is 10.8. The first-order valence-corrected chi connectivity index (χ1v) is 7.15. The van der Waals surface area contributed by atoms with Crippen molar-refractivity contribution in [1.29, 1.82) is 0 Å². The van der Waals surface area contributed by atoms with Gasteiger partial charge in [-0.25, -0.2) is 0 Å². The van der Waals surface area contributed by atoms with Crippen molar-refractivity contribution < 1.29 is 5.11 Å². The van der Waals surface area contributed by atoms with E-state index >= 15 is 0 Å². The van der Waals surface area contributed by atoms with Crippen LogP contribution in [0.3, 0.4) is 0 Å². The standard InChI is InChI=1S/C17H26O/c1-13-6-5-11-17(18,12-13)15-9-7-14(8-10-15)16(2,3)4/h7-10,13,18H,5-6,11-12H2,1-4H3. The van der Waals surface area contributed by atoms with E-state index in [1.807, 2.05) is 0 Å². The van der Waals surface area contributed by atoms with Gasteiger partial charge >= 0.3 is 0 Å². The molecule has 0 aliphatic heterocycles. The Balaban J connectivity index is 2.23. The van der Waals surface area contributed by atoms with E-state index in [1.165, 1.54) is 12.0 Å². The van der Waals surface area contributed by atoms with Crippen LogP contribution >= 0.6 is 0 Å². The zero-order valence-corrected chi connectivity index (χ0v) is 12.2. The van der Waals surface area contributed by atoms with Gasteiger partial charge in [0.1, 0.15) is 0 Å². The molecule has 0 saturated heterocycles.